The number of nitrogens with zero attached hydrogens (tertiary/aromatic N) is 2. The second kappa shape index (κ2) is 7.07. The van der Waals surface area contributed by atoms with Crippen molar-refractivity contribution in [1.29, 1.82) is 0 Å². The molecule has 0 spiro atoms. The standard InChI is InChI=1S/C27H31N2OSi/c1-17-10-12-20-19-13-11-18(28-5)14-23(19)30-26(20)25(17)22-15-21(27(2,3)4)24(16-29(22)6)31(7,8)9/h10-16H,1-4,6-9H3/q+1. The lowest BCUT2D eigenvalue weighted by Gasteiger charge is -2.28. The van der Waals surface area contributed by atoms with Crippen LogP contribution >= 0.6 is 0 Å². The van der Waals surface area contributed by atoms with Gasteiger partial charge < -0.3 is 4.42 Å². The van der Waals surface area contributed by atoms with Crippen molar-refractivity contribution >= 4 is 40.9 Å². The molecule has 2 heterocycles. The summed E-state index contributed by atoms with van der Waals surface area (Å²) < 4.78 is 8.66. The molecule has 0 saturated carbocycles. The van der Waals surface area contributed by atoms with E-state index in [1.54, 1.807) is 0 Å². The Bertz CT molecular complexity index is 1380. The Morgan fingerprint density at radius 2 is 1.68 bits per heavy atom. The molecule has 0 aliphatic heterocycles. The number of pyridine rings is 1. The number of aromatic nitrogens is 1. The molecule has 2 aromatic carbocycles. The normalized spacial score (nSPS) is 12.5. The van der Waals surface area contributed by atoms with Gasteiger partial charge in [0.2, 0.25) is 5.69 Å². The number of benzene rings is 2. The molecule has 0 radical (unpaired) electrons. The van der Waals surface area contributed by atoms with Gasteiger partial charge in [0.05, 0.1) is 20.2 Å². The monoisotopic (exact) mass is 427 g/mol. The second-order valence-corrected chi connectivity index (χ2v) is 15.7. The molecule has 31 heavy (non-hydrogen) atoms. The van der Waals surface area contributed by atoms with E-state index >= 15 is 0 Å². The first kappa shape index (κ1) is 21.3. The van der Waals surface area contributed by atoms with Crippen LogP contribution in [0.15, 0.2) is 47.0 Å². The van der Waals surface area contributed by atoms with Gasteiger partial charge in [0.15, 0.2) is 11.9 Å². The number of rotatable bonds is 2. The van der Waals surface area contributed by atoms with Crippen molar-refractivity contribution in [3.8, 4) is 11.3 Å². The van der Waals surface area contributed by atoms with Crippen molar-refractivity contribution in [2.45, 2.75) is 52.8 Å². The number of furan rings is 1. The van der Waals surface area contributed by atoms with Crippen LogP contribution in [-0.4, -0.2) is 8.07 Å². The molecule has 0 bridgehead atoms. The van der Waals surface area contributed by atoms with Gasteiger partial charge in [-0.05, 0) is 29.5 Å². The maximum absolute atomic E-state index is 7.33. The summed E-state index contributed by atoms with van der Waals surface area (Å²) in [5.74, 6) is 0. The zero-order chi connectivity index (χ0) is 22.7. The smallest absolute Gasteiger partial charge is 0.216 e. The van der Waals surface area contributed by atoms with Crippen LogP contribution in [0.2, 0.25) is 19.6 Å². The molecule has 0 aliphatic rings. The van der Waals surface area contributed by atoms with Crippen LogP contribution in [0.5, 0.6) is 0 Å². The van der Waals surface area contributed by atoms with Gasteiger partial charge in [-0.25, -0.2) is 9.41 Å². The fraction of sp³-hybridized carbons (Fsp3) is 0.333. The predicted octanol–water partition coefficient (Wildman–Crippen LogP) is 6.78. The van der Waals surface area contributed by atoms with Crippen molar-refractivity contribution in [1.82, 2.24) is 0 Å². The quantitative estimate of drug-likeness (QED) is 0.196. The molecule has 0 N–H and O–H groups in total. The molecule has 0 aliphatic carbocycles. The maximum atomic E-state index is 7.33. The van der Waals surface area contributed by atoms with E-state index in [0.29, 0.717) is 5.69 Å². The molecule has 3 nitrogen and oxygen atoms in total. The molecule has 4 aromatic rings. The SMILES string of the molecule is [C-]#[N+]c1ccc2c(c1)oc1c(-c3cc(C(C)(C)C)c([Si](C)(C)C)c[n+]3C)c(C)ccc12. The summed E-state index contributed by atoms with van der Waals surface area (Å²) in [6.07, 6.45) is 2.35. The van der Waals surface area contributed by atoms with E-state index in [1.807, 2.05) is 18.2 Å². The van der Waals surface area contributed by atoms with Crippen LogP contribution in [-0.2, 0) is 12.5 Å². The van der Waals surface area contributed by atoms with Gasteiger partial charge in [-0.3, -0.25) is 0 Å². The van der Waals surface area contributed by atoms with Crippen LogP contribution in [0.25, 0.3) is 38.0 Å². The zero-order valence-corrected chi connectivity index (χ0v) is 20.8. The molecule has 0 unspecified atom stereocenters. The lowest BCUT2D eigenvalue weighted by Crippen LogP contribution is -2.49. The minimum atomic E-state index is -1.52. The van der Waals surface area contributed by atoms with Crippen molar-refractivity contribution in [2.24, 2.45) is 7.05 Å². The fourth-order valence-electron chi connectivity index (χ4n) is 4.43. The third kappa shape index (κ3) is 3.57. The Morgan fingerprint density at radius 1 is 1.00 bits per heavy atom. The Balaban J connectivity index is 2.09. The first-order valence-corrected chi connectivity index (χ1v) is 14.3. The fourth-order valence-corrected chi connectivity index (χ4v) is 6.27. The van der Waals surface area contributed by atoms with Gasteiger partial charge in [0.25, 0.3) is 0 Å². The average Bonchev–Trinajstić information content (AvgIpc) is 3.04. The van der Waals surface area contributed by atoms with Gasteiger partial charge in [-0.2, -0.15) is 0 Å². The lowest BCUT2D eigenvalue weighted by atomic mass is 9.86. The van der Waals surface area contributed by atoms with Crippen molar-refractivity contribution in [3.63, 3.8) is 0 Å². The topological polar surface area (TPSA) is 21.4 Å². The van der Waals surface area contributed by atoms with Gasteiger partial charge >= 0.3 is 0 Å². The summed E-state index contributed by atoms with van der Waals surface area (Å²) in [6, 6.07) is 12.4. The highest BCUT2D eigenvalue weighted by Gasteiger charge is 2.32. The minimum Gasteiger partial charge on any atom is -0.456 e. The van der Waals surface area contributed by atoms with Crippen molar-refractivity contribution < 1.29 is 8.98 Å². The van der Waals surface area contributed by atoms with Crippen LogP contribution in [0, 0.1) is 13.5 Å². The molecule has 158 valence electrons. The third-order valence-electron chi connectivity index (χ3n) is 6.11. The summed E-state index contributed by atoms with van der Waals surface area (Å²) in [6.45, 7) is 23.6. The van der Waals surface area contributed by atoms with E-state index in [4.69, 9.17) is 11.0 Å². The first-order chi connectivity index (χ1) is 14.4. The Hall–Kier alpha value is -2.90. The van der Waals surface area contributed by atoms with Crippen LogP contribution in [0.3, 0.4) is 0 Å². The predicted molar refractivity (Wildman–Crippen MR) is 133 cm³/mol. The van der Waals surface area contributed by atoms with E-state index < -0.39 is 8.07 Å². The largest absolute Gasteiger partial charge is 0.456 e. The number of hydrogen-bond acceptors (Lipinski definition) is 1. The summed E-state index contributed by atoms with van der Waals surface area (Å²) in [5.41, 5.74) is 7.23. The van der Waals surface area contributed by atoms with E-state index in [2.05, 4.69) is 88.2 Å². The average molecular weight is 428 g/mol. The first-order valence-electron chi connectivity index (χ1n) is 10.8. The van der Waals surface area contributed by atoms with Crippen molar-refractivity contribution in [2.75, 3.05) is 0 Å². The van der Waals surface area contributed by atoms with E-state index in [9.17, 15) is 0 Å². The van der Waals surface area contributed by atoms with Crippen LogP contribution < -0.4 is 9.75 Å². The minimum absolute atomic E-state index is 0.0544. The Labute approximate surface area is 186 Å². The van der Waals surface area contributed by atoms with E-state index in [0.717, 1.165) is 27.5 Å². The summed E-state index contributed by atoms with van der Waals surface area (Å²) in [5, 5.41) is 3.65. The summed E-state index contributed by atoms with van der Waals surface area (Å²) >= 11 is 0. The van der Waals surface area contributed by atoms with Gasteiger partial charge in [-0.15, -0.1) is 0 Å². The molecule has 2 aromatic heterocycles. The third-order valence-corrected chi connectivity index (χ3v) is 8.12. The van der Waals surface area contributed by atoms with Crippen LogP contribution in [0.1, 0.15) is 31.9 Å². The highest BCUT2D eigenvalue weighted by atomic mass is 28.3. The van der Waals surface area contributed by atoms with E-state index in [1.165, 1.54) is 22.0 Å². The number of aryl methyl sites for hydroxylation is 2. The second-order valence-electron chi connectivity index (χ2n) is 10.6. The van der Waals surface area contributed by atoms with Gasteiger partial charge in [0, 0.05) is 22.0 Å². The summed E-state index contributed by atoms with van der Waals surface area (Å²) in [4.78, 5) is 3.56. The van der Waals surface area contributed by atoms with E-state index in [-0.39, 0.29) is 5.41 Å². The van der Waals surface area contributed by atoms with Crippen LogP contribution in [0.4, 0.5) is 5.69 Å². The molecular formula is C27H31N2OSi+. The van der Waals surface area contributed by atoms with Gasteiger partial charge in [0.1, 0.15) is 18.2 Å². The molecule has 4 rings (SSSR count). The number of fused-ring (bicyclic) bond motifs is 3. The maximum Gasteiger partial charge on any atom is 0.216 e. The molecule has 0 atom stereocenters. The lowest BCUT2D eigenvalue weighted by molar-refractivity contribution is -0.659. The molecule has 0 fully saturated rings. The highest BCUT2D eigenvalue weighted by Crippen LogP contribution is 2.38. The molecule has 0 amide bonds. The van der Waals surface area contributed by atoms with Gasteiger partial charge in [-0.1, -0.05) is 64.7 Å². The highest BCUT2D eigenvalue weighted by molar-refractivity contribution is 6.89. The Morgan fingerprint density at radius 3 is 2.29 bits per heavy atom. The number of hydrogen-bond donors (Lipinski definition) is 0. The molecular weight excluding hydrogens is 396 g/mol. The zero-order valence-electron chi connectivity index (χ0n) is 19.8. The van der Waals surface area contributed by atoms with Crippen molar-refractivity contribution in [3.05, 3.63) is 65.1 Å². The Kier molecular flexibility index (Phi) is 4.86. The summed E-state index contributed by atoms with van der Waals surface area (Å²) in [7, 11) is 0.623. The molecule has 0 saturated heterocycles. The molecule has 4 heteroatoms.